The minimum Gasteiger partial charge on any atom is -0.373 e. The number of amides is 2. The molecule has 4 atom stereocenters. The van der Waals surface area contributed by atoms with Crippen molar-refractivity contribution in [3.63, 3.8) is 0 Å². The van der Waals surface area contributed by atoms with Crippen molar-refractivity contribution in [2.75, 3.05) is 4.90 Å². The lowest BCUT2D eigenvalue weighted by molar-refractivity contribution is -0.124. The number of nitrogens with zero attached hydrogens (tertiary/aromatic N) is 1. The van der Waals surface area contributed by atoms with E-state index < -0.39 is 0 Å². The summed E-state index contributed by atoms with van der Waals surface area (Å²) in [5.74, 6) is -0.799. The summed E-state index contributed by atoms with van der Waals surface area (Å²) in [6.07, 6.45) is 1.61. The Labute approximate surface area is 150 Å². The lowest BCUT2D eigenvalue weighted by Gasteiger charge is -2.18. The van der Waals surface area contributed by atoms with E-state index in [-0.39, 0.29) is 35.9 Å². The molecule has 2 amide bonds. The Morgan fingerprint density at radius 2 is 1.28 bits per heavy atom. The molecule has 3 aliphatic rings. The number of imide groups is 1. The van der Waals surface area contributed by atoms with Crippen LogP contribution in [0.2, 0.25) is 5.02 Å². The Morgan fingerprint density at radius 1 is 0.800 bits per heavy atom. The van der Waals surface area contributed by atoms with Crippen LogP contribution < -0.4 is 4.90 Å². The molecule has 3 saturated heterocycles. The zero-order valence-corrected chi connectivity index (χ0v) is 14.1. The second kappa shape index (κ2) is 5.41. The minimum atomic E-state index is -0.290. The van der Waals surface area contributed by atoms with Crippen molar-refractivity contribution in [3.05, 3.63) is 53.6 Å². The van der Waals surface area contributed by atoms with Gasteiger partial charge in [0.05, 0.1) is 29.7 Å². The van der Waals surface area contributed by atoms with Gasteiger partial charge in [0.1, 0.15) is 0 Å². The van der Waals surface area contributed by atoms with E-state index in [0.717, 1.165) is 24.0 Å². The highest BCUT2D eigenvalue weighted by Gasteiger charge is 2.62. The predicted octanol–water partition coefficient (Wildman–Crippen LogP) is 3.67. The lowest BCUT2D eigenvalue weighted by atomic mass is 9.81. The van der Waals surface area contributed by atoms with E-state index in [1.54, 1.807) is 0 Å². The molecule has 4 nitrogen and oxygen atoms in total. The molecule has 0 aliphatic carbocycles. The van der Waals surface area contributed by atoms with Gasteiger partial charge >= 0.3 is 0 Å². The monoisotopic (exact) mass is 353 g/mol. The fourth-order valence-electron chi connectivity index (χ4n) is 4.41. The molecule has 5 rings (SSSR count). The molecule has 0 saturated carbocycles. The van der Waals surface area contributed by atoms with Crippen molar-refractivity contribution in [1.82, 2.24) is 0 Å². The second-order valence-corrected chi connectivity index (χ2v) is 7.34. The topological polar surface area (TPSA) is 46.6 Å². The summed E-state index contributed by atoms with van der Waals surface area (Å²) in [6, 6.07) is 15.1. The number of fused-ring (bicyclic) bond motifs is 5. The molecule has 0 N–H and O–H groups in total. The first-order valence-electron chi connectivity index (χ1n) is 8.53. The summed E-state index contributed by atoms with van der Waals surface area (Å²) in [4.78, 5) is 26.9. The fourth-order valence-corrected chi connectivity index (χ4v) is 4.54. The molecule has 0 aromatic heterocycles. The molecule has 3 fully saturated rings. The van der Waals surface area contributed by atoms with E-state index in [9.17, 15) is 9.59 Å². The van der Waals surface area contributed by atoms with Crippen LogP contribution >= 0.6 is 11.6 Å². The Morgan fingerprint density at radius 3 is 1.80 bits per heavy atom. The highest BCUT2D eigenvalue weighted by atomic mass is 35.5. The van der Waals surface area contributed by atoms with E-state index in [4.69, 9.17) is 16.3 Å². The summed E-state index contributed by atoms with van der Waals surface area (Å²) in [5.41, 5.74) is 2.70. The smallest absolute Gasteiger partial charge is 0.240 e. The van der Waals surface area contributed by atoms with E-state index in [2.05, 4.69) is 0 Å². The van der Waals surface area contributed by atoms with Gasteiger partial charge in [-0.2, -0.15) is 0 Å². The highest BCUT2D eigenvalue weighted by molar-refractivity contribution is 6.30. The van der Waals surface area contributed by atoms with Crippen LogP contribution in [0.1, 0.15) is 12.8 Å². The van der Waals surface area contributed by atoms with Gasteiger partial charge in [0.2, 0.25) is 11.8 Å². The van der Waals surface area contributed by atoms with E-state index in [1.807, 2.05) is 48.5 Å². The molecular formula is C20H16ClNO3. The maximum Gasteiger partial charge on any atom is 0.240 e. The number of rotatable bonds is 2. The molecule has 25 heavy (non-hydrogen) atoms. The summed E-state index contributed by atoms with van der Waals surface area (Å²) in [7, 11) is 0. The number of hydrogen-bond donors (Lipinski definition) is 0. The number of anilines is 1. The van der Waals surface area contributed by atoms with Crippen LogP contribution in [0.25, 0.3) is 11.1 Å². The Hall–Kier alpha value is -2.17. The van der Waals surface area contributed by atoms with Crippen LogP contribution in [0, 0.1) is 11.8 Å². The zero-order valence-electron chi connectivity index (χ0n) is 13.4. The number of hydrogen-bond acceptors (Lipinski definition) is 3. The largest absolute Gasteiger partial charge is 0.373 e. The van der Waals surface area contributed by atoms with Crippen LogP contribution in [0.5, 0.6) is 0 Å². The molecule has 4 unspecified atom stereocenters. The van der Waals surface area contributed by atoms with Crippen molar-refractivity contribution in [2.24, 2.45) is 11.8 Å². The molecule has 2 aromatic rings. The van der Waals surface area contributed by atoms with Crippen molar-refractivity contribution in [3.8, 4) is 11.1 Å². The molecule has 5 heteroatoms. The highest BCUT2D eigenvalue weighted by Crippen LogP contribution is 2.49. The van der Waals surface area contributed by atoms with Gasteiger partial charge < -0.3 is 4.74 Å². The van der Waals surface area contributed by atoms with Crippen LogP contribution in [-0.4, -0.2) is 24.0 Å². The van der Waals surface area contributed by atoms with E-state index in [1.165, 1.54) is 4.90 Å². The summed E-state index contributed by atoms with van der Waals surface area (Å²) < 4.78 is 5.77. The summed E-state index contributed by atoms with van der Waals surface area (Å²) in [5, 5.41) is 0.692. The summed E-state index contributed by atoms with van der Waals surface area (Å²) in [6.45, 7) is 0. The molecule has 2 bridgehead atoms. The van der Waals surface area contributed by atoms with Crippen LogP contribution in [0.3, 0.4) is 0 Å². The Balaban J connectivity index is 1.45. The number of carbonyl (C=O) groups is 2. The van der Waals surface area contributed by atoms with Gasteiger partial charge in [-0.05, 0) is 48.2 Å². The van der Waals surface area contributed by atoms with E-state index in [0.29, 0.717) is 10.7 Å². The minimum absolute atomic E-state index is 0.0789. The van der Waals surface area contributed by atoms with Gasteiger partial charge in [-0.15, -0.1) is 0 Å². The maximum absolute atomic E-state index is 12.8. The quantitative estimate of drug-likeness (QED) is 0.774. The zero-order chi connectivity index (χ0) is 17.1. The first-order valence-corrected chi connectivity index (χ1v) is 8.90. The average Bonchev–Trinajstić information content (AvgIpc) is 3.30. The maximum atomic E-state index is 12.8. The second-order valence-electron chi connectivity index (χ2n) is 6.91. The van der Waals surface area contributed by atoms with Gasteiger partial charge in [0.25, 0.3) is 0 Å². The van der Waals surface area contributed by atoms with Crippen molar-refractivity contribution in [2.45, 2.75) is 25.0 Å². The van der Waals surface area contributed by atoms with Crippen LogP contribution in [-0.2, 0) is 14.3 Å². The average molecular weight is 354 g/mol. The third kappa shape index (κ3) is 2.17. The first-order chi connectivity index (χ1) is 12.1. The molecule has 0 spiro atoms. The lowest BCUT2D eigenvalue weighted by Crippen LogP contribution is -2.34. The molecule has 126 valence electrons. The summed E-state index contributed by atoms with van der Waals surface area (Å²) >= 11 is 5.93. The van der Waals surface area contributed by atoms with Gasteiger partial charge in [-0.1, -0.05) is 35.9 Å². The van der Waals surface area contributed by atoms with Crippen molar-refractivity contribution in [1.29, 1.82) is 0 Å². The normalized spacial score (nSPS) is 30.2. The number of benzene rings is 2. The number of carbonyl (C=O) groups excluding carboxylic acids is 2. The number of ether oxygens (including phenoxy) is 1. The fraction of sp³-hybridized carbons (Fsp3) is 0.300. The molecular weight excluding hydrogens is 338 g/mol. The number of halogens is 1. The molecule has 2 aromatic carbocycles. The third-order valence-electron chi connectivity index (χ3n) is 5.59. The van der Waals surface area contributed by atoms with Crippen molar-refractivity contribution < 1.29 is 14.3 Å². The van der Waals surface area contributed by atoms with E-state index >= 15 is 0 Å². The molecule has 3 aliphatic heterocycles. The molecule has 0 radical (unpaired) electrons. The molecule has 3 heterocycles. The third-order valence-corrected chi connectivity index (χ3v) is 5.84. The van der Waals surface area contributed by atoms with Crippen LogP contribution in [0.15, 0.2) is 48.5 Å². The Bertz CT molecular complexity index is 834. The van der Waals surface area contributed by atoms with Gasteiger partial charge in [0.15, 0.2) is 0 Å². The van der Waals surface area contributed by atoms with Gasteiger partial charge in [-0.3, -0.25) is 9.59 Å². The van der Waals surface area contributed by atoms with Crippen molar-refractivity contribution >= 4 is 29.1 Å². The predicted molar refractivity (Wildman–Crippen MR) is 94.3 cm³/mol. The Kier molecular flexibility index (Phi) is 3.27. The SMILES string of the molecule is O=C1C2C3CCC(O3)C2C(=O)N1c1ccc(-c2ccc(Cl)cc2)cc1. The standard InChI is InChI=1S/C20H16ClNO3/c21-13-5-1-11(2-6-13)12-3-7-14(8-4-12)22-19(23)17-15-9-10-16(25-15)18(17)20(22)24/h1-8,15-18H,9-10H2. The van der Waals surface area contributed by atoms with Crippen LogP contribution in [0.4, 0.5) is 5.69 Å². The van der Waals surface area contributed by atoms with Gasteiger partial charge in [0, 0.05) is 5.02 Å². The van der Waals surface area contributed by atoms with Gasteiger partial charge in [-0.25, -0.2) is 4.90 Å². The first kappa shape index (κ1) is 15.1.